The molecule has 2 fully saturated rings. The van der Waals surface area contributed by atoms with Crippen LogP contribution in [0.4, 0.5) is 4.39 Å². The molecule has 0 bridgehead atoms. The van der Waals surface area contributed by atoms with Crippen LogP contribution in [-0.4, -0.2) is 74.7 Å². The molecule has 0 aliphatic carbocycles. The third-order valence-electron chi connectivity index (χ3n) is 5.67. The third kappa shape index (κ3) is 4.33. The highest BCUT2D eigenvalue weighted by Gasteiger charge is 2.31. The molecule has 1 aromatic rings. The summed E-state index contributed by atoms with van der Waals surface area (Å²) in [7, 11) is -0.138. The Balaban J connectivity index is 1.83. The van der Waals surface area contributed by atoms with E-state index in [9.17, 15) is 17.6 Å². The second-order valence-electron chi connectivity index (χ2n) is 7.56. The van der Waals surface area contributed by atoms with Crippen LogP contribution in [0.3, 0.4) is 0 Å². The Morgan fingerprint density at radius 1 is 1.11 bits per heavy atom. The van der Waals surface area contributed by atoms with E-state index in [-0.39, 0.29) is 17.5 Å². The zero-order valence-corrected chi connectivity index (χ0v) is 16.8. The van der Waals surface area contributed by atoms with Crippen LogP contribution >= 0.6 is 0 Å². The monoisotopic (exact) mass is 397 g/mol. The normalized spacial score (nSPS) is 20.6. The van der Waals surface area contributed by atoms with Crippen molar-refractivity contribution >= 4 is 15.9 Å². The molecule has 150 valence electrons. The molecule has 8 heteroatoms. The number of hydrogen-bond donors (Lipinski definition) is 0. The van der Waals surface area contributed by atoms with Crippen molar-refractivity contribution in [1.82, 2.24) is 14.1 Å². The number of amides is 1. The van der Waals surface area contributed by atoms with Crippen molar-refractivity contribution < 1.29 is 17.6 Å². The molecule has 2 aliphatic rings. The lowest BCUT2D eigenvalue weighted by Gasteiger charge is -2.35. The Bertz CT molecular complexity index is 785. The van der Waals surface area contributed by atoms with E-state index in [0.717, 1.165) is 51.3 Å². The maximum Gasteiger partial charge on any atom is 0.253 e. The van der Waals surface area contributed by atoms with Crippen LogP contribution in [0.2, 0.25) is 0 Å². The van der Waals surface area contributed by atoms with Gasteiger partial charge in [0.2, 0.25) is 10.0 Å². The highest BCUT2D eigenvalue weighted by atomic mass is 32.2. The van der Waals surface area contributed by atoms with Gasteiger partial charge in [-0.2, -0.15) is 4.31 Å². The molecule has 2 saturated heterocycles. The number of halogens is 1. The summed E-state index contributed by atoms with van der Waals surface area (Å²) in [6, 6.07) is 3.78. The fourth-order valence-electron chi connectivity index (χ4n) is 3.83. The van der Waals surface area contributed by atoms with Crippen molar-refractivity contribution in [3.8, 4) is 0 Å². The molecule has 0 saturated carbocycles. The Kier molecular flexibility index (Phi) is 6.18. The molecule has 27 heavy (non-hydrogen) atoms. The first kappa shape index (κ1) is 20.2. The maximum atomic E-state index is 14.3. The van der Waals surface area contributed by atoms with Crippen molar-refractivity contribution in [1.29, 1.82) is 0 Å². The Morgan fingerprint density at radius 3 is 2.37 bits per heavy atom. The number of carbonyl (C=O) groups is 1. The van der Waals surface area contributed by atoms with E-state index in [4.69, 9.17) is 0 Å². The van der Waals surface area contributed by atoms with E-state index < -0.39 is 20.7 Å². The van der Waals surface area contributed by atoms with Gasteiger partial charge >= 0.3 is 0 Å². The van der Waals surface area contributed by atoms with Crippen LogP contribution in [0.25, 0.3) is 0 Å². The van der Waals surface area contributed by atoms with Gasteiger partial charge in [-0.1, -0.05) is 6.42 Å². The Hall–Kier alpha value is -1.51. The van der Waals surface area contributed by atoms with Gasteiger partial charge in [-0.15, -0.1) is 0 Å². The van der Waals surface area contributed by atoms with E-state index in [0.29, 0.717) is 13.1 Å². The van der Waals surface area contributed by atoms with Gasteiger partial charge in [0, 0.05) is 31.7 Å². The van der Waals surface area contributed by atoms with Gasteiger partial charge in [0.15, 0.2) is 0 Å². The molecule has 2 aliphatic heterocycles. The number of rotatable bonds is 4. The first-order valence-electron chi connectivity index (χ1n) is 9.56. The molecule has 0 aromatic heterocycles. The van der Waals surface area contributed by atoms with Crippen molar-refractivity contribution in [3.63, 3.8) is 0 Å². The third-order valence-corrected chi connectivity index (χ3v) is 7.58. The molecular weight excluding hydrogens is 369 g/mol. The lowest BCUT2D eigenvalue weighted by atomic mass is 10.0. The minimum Gasteiger partial charge on any atom is -0.339 e. The van der Waals surface area contributed by atoms with Crippen LogP contribution < -0.4 is 0 Å². The van der Waals surface area contributed by atoms with Crippen LogP contribution in [-0.2, 0) is 10.0 Å². The first-order chi connectivity index (χ1) is 12.8. The number of carbonyl (C=O) groups excluding carboxylic acids is 1. The Labute approximate surface area is 161 Å². The molecule has 0 radical (unpaired) electrons. The summed E-state index contributed by atoms with van der Waals surface area (Å²) in [5, 5.41) is 0. The van der Waals surface area contributed by atoms with Gasteiger partial charge in [-0.25, -0.2) is 12.8 Å². The minimum atomic E-state index is -3.93. The SMILES string of the molecule is CN1CCC(N(C)C(=O)c2ccc(F)c(S(=O)(=O)N3CCCCC3)c2)CC1. The summed E-state index contributed by atoms with van der Waals surface area (Å²) in [5.74, 6) is -1.07. The van der Waals surface area contributed by atoms with Crippen LogP contribution in [0.5, 0.6) is 0 Å². The predicted octanol–water partition coefficient (Wildman–Crippen LogP) is 2.17. The first-order valence-corrected chi connectivity index (χ1v) is 11.0. The predicted molar refractivity (Wildman–Crippen MR) is 102 cm³/mol. The topological polar surface area (TPSA) is 60.9 Å². The van der Waals surface area contributed by atoms with Crippen molar-refractivity contribution in [2.24, 2.45) is 0 Å². The number of piperidine rings is 2. The van der Waals surface area contributed by atoms with Gasteiger partial charge in [-0.3, -0.25) is 4.79 Å². The average molecular weight is 398 g/mol. The molecule has 3 rings (SSSR count). The number of hydrogen-bond acceptors (Lipinski definition) is 4. The van der Waals surface area contributed by atoms with Crippen molar-refractivity contribution in [2.45, 2.75) is 43.0 Å². The highest BCUT2D eigenvalue weighted by Crippen LogP contribution is 2.25. The maximum absolute atomic E-state index is 14.3. The second-order valence-corrected chi connectivity index (χ2v) is 9.47. The van der Waals surface area contributed by atoms with E-state index in [1.807, 2.05) is 0 Å². The summed E-state index contributed by atoms with van der Waals surface area (Å²) in [4.78, 5) is 16.4. The fourth-order valence-corrected chi connectivity index (χ4v) is 5.44. The molecule has 1 amide bonds. The molecule has 2 heterocycles. The van der Waals surface area contributed by atoms with Gasteiger partial charge in [0.05, 0.1) is 0 Å². The summed E-state index contributed by atoms with van der Waals surface area (Å²) in [6.45, 7) is 2.63. The van der Waals surface area contributed by atoms with Crippen LogP contribution in [0.1, 0.15) is 42.5 Å². The quantitative estimate of drug-likeness (QED) is 0.781. The molecule has 0 unspecified atom stereocenters. The van der Waals surface area contributed by atoms with Crippen LogP contribution in [0.15, 0.2) is 23.1 Å². The number of benzene rings is 1. The Morgan fingerprint density at radius 2 is 1.74 bits per heavy atom. The number of likely N-dealkylation sites (tertiary alicyclic amines) is 1. The smallest absolute Gasteiger partial charge is 0.253 e. The molecule has 0 atom stereocenters. The number of sulfonamides is 1. The second kappa shape index (κ2) is 8.24. The average Bonchev–Trinajstić information content (AvgIpc) is 2.68. The van der Waals surface area contributed by atoms with E-state index in [1.54, 1.807) is 11.9 Å². The summed E-state index contributed by atoms with van der Waals surface area (Å²) in [5.41, 5.74) is 0.216. The lowest BCUT2D eigenvalue weighted by molar-refractivity contribution is 0.0659. The lowest BCUT2D eigenvalue weighted by Crippen LogP contribution is -2.44. The standard InChI is InChI=1S/C19H28FN3O3S/c1-21-12-8-16(9-13-21)22(2)19(24)15-6-7-17(20)18(14-15)27(25,26)23-10-4-3-5-11-23/h6-7,14,16H,3-5,8-13H2,1-2H3. The van der Waals surface area contributed by atoms with E-state index in [2.05, 4.69) is 11.9 Å². The number of nitrogens with zero attached hydrogens (tertiary/aromatic N) is 3. The molecule has 1 aromatic carbocycles. The van der Waals surface area contributed by atoms with Gasteiger partial charge in [0.25, 0.3) is 5.91 Å². The van der Waals surface area contributed by atoms with Gasteiger partial charge in [-0.05, 0) is 64.0 Å². The van der Waals surface area contributed by atoms with Crippen LogP contribution in [0, 0.1) is 5.82 Å². The molecule has 6 nitrogen and oxygen atoms in total. The molecule has 0 N–H and O–H groups in total. The van der Waals surface area contributed by atoms with Crippen molar-refractivity contribution in [2.75, 3.05) is 40.3 Å². The summed E-state index contributed by atoms with van der Waals surface area (Å²) in [6.07, 6.45) is 4.28. The van der Waals surface area contributed by atoms with Crippen molar-refractivity contribution in [3.05, 3.63) is 29.6 Å². The van der Waals surface area contributed by atoms with E-state index >= 15 is 0 Å². The van der Waals surface area contributed by atoms with Gasteiger partial charge < -0.3 is 9.80 Å². The zero-order valence-electron chi connectivity index (χ0n) is 16.0. The highest BCUT2D eigenvalue weighted by molar-refractivity contribution is 7.89. The largest absolute Gasteiger partial charge is 0.339 e. The minimum absolute atomic E-state index is 0.112. The summed E-state index contributed by atoms with van der Waals surface area (Å²) >= 11 is 0. The zero-order chi connectivity index (χ0) is 19.6. The van der Waals surface area contributed by atoms with E-state index in [1.165, 1.54) is 16.4 Å². The molecular formula is C19H28FN3O3S. The fraction of sp³-hybridized carbons (Fsp3) is 0.632. The summed E-state index contributed by atoms with van der Waals surface area (Å²) < 4.78 is 41.4. The molecule has 0 spiro atoms. The van der Waals surface area contributed by atoms with Gasteiger partial charge in [0.1, 0.15) is 10.7 Å².